The van der Waals surface area contributed by atoms with E-state index in [1.165, 1.54) is 11.0 Å². The highest BCUT2D eigenvalue weighted by Gasteiger charge is 2.49. The molecule has 0 bridgehead atoms. The summed E-state index contributed by atoms with van der Waals surface area (Å²) in [7, 11) is 3.35. The zero-order valence-electron chi connectivity index (χ0n) is 18.0. The van der Waals surface area contributed by atoms with Crippen LogP contribution in [0.5, 0.6) is 0 Å². The first-order valence-electron chi connectivity index (χ1n) is 10.4. The third kappa shape index (κ3) is 4.48. The number of hydrogen-bond donors (Lipinski definition) is 0. The third-order valence-corrected chi connectivity index (χ3v) is 6.48. The number of carbonyl (C=O) groups is 2. The molecule has 2 heterocycles. The fraction of sp³-hybridized carbons (Fsp3) is 0.591. The van der Waals surface area contributed by atoms with Gasteiger partial charge < -0.3 is 14.7 Å². The Morgan fingerprint density at radius 2 is 1.90 bits per heavy atom. The second kappa shape index (κ2) is 8.40. The van der Waals surface area contributed by atoms with Gasteiger partial charge in [0, 0.05) is 45.8 Å². The summed E-state index contributed by atoms with van der Waals surface area (Å²) in [6, 6.07) is 4.92. The molecule has 0 radical (unpaired) electrons. The Morgan fingerprint density at radius 1 is 1.26 bits per heavy atom. The normalized spacial score (nSPS) is 20.6. The summed E-state index contributed by atoms with van der Waals surface area (Å²) in [6.45, 7) is 3.33. The van der Waals surface area contributed by atoms with Crippen LogP contribution in [0.3, 0.4) is 0 Å². The van der Waals surface area contributed by atoms with E-state index >= 15 is 0 Å². The van der Waals surface area contributed by atoms with Crippen molar-refractivity contribution in [1.29, 1.82) is 5.26 Å². The predicted octanol–water partition coefficient (Wildman–Crippen LogP) is 3.26. The monoisotopic (exact) mass is 436 g/mol. The maximum atomic E-state index is 13.3. The van der Waals surface area contributed by atoms with Crippen LogP contribution in [0, 0.1) is 16.7 Å². The smallest absolute Gasteiger partial charge is 0.371 e. The molecule has 2 amide bonds. The van der Waals surface area contributed by atoms with Crippen molar-refractivity contribution in [2.24, 2.45) is 5.41 Å². The lowest BCUT2D eigenvalue weighted by molar-refractivity contribution is -0.142. The zero-order chi connectivity index (χ0) is 23.0. The highest BCUT2D eigenvalue weighted by molar-refractivity contribution is 5.88. The van der Waals surface area contributed by atoms with Gasteiger partial charge in [-0.15, -0.1) is 0 Å². The van der Waals surface area contributed by atoms with Crippen LogP contribution in [0.4, 0.5) is 18.9 Å². The SMILES string of the molecule is CCC(=O)N1CC2(CCN(c3ccc(C#N)c(C(F)(F)F)c3)CC2)CC1C(=O)N(C)C. The molecule has 6 nitrogen and oxygen atoms in total. The summed E-state index contributed by atoms with van der Waals surface area (Å²) >= 11 is 0. The predicted molar refractivity (Wildman–Crippen MR) is 109 cm³/mol. The number of rotatable bonds is 3. The van der Waals surface area contributed by atoms with E-state index in [-0.39, 0.29) is 22.8 Å². The molecule has 1 atom stereocenters. The van der Waals surface area contributed by atoms with Crippen molar-refractivity contribution in [2.45, 2.75) is 44.8 Å². The van der Waals surface area contributed by atoms with Gasteiger partial charge in [-0.25, -0.2) is 0 Å². The number of nitriles is 1. The maximum absolute atomic E-state index is 13.3. The first-order valence-corrected chi connectivity index (χ1v) is 10.4. The van der Waals surface area contributed by atoms with Crippen molar-refractivity contribution in [2.75, 3.05) is 38.6 Å². The van der Waals surface area contributed by atoms with Gasteiger partial charge in [-0.1, -0.05) is 6.92 Å². The van der Waals surface area contributed by atoms with E-state index in [0.29, 0.717) is 51.0 Å². The van der Waals surface area contributed by atoms with Gasteiger partial charge >= 0.3 is 6.18 Å². The van der Waals surface area contributed by atoms with Gasteiger partial charge in [0.2, 0.25) is 11.8 Å². The number of likely N-dealkylation sites (N-methyl/N-ethyl adjacent to an activating group) is 1. The molecular formula is C22H27F3N4O2. The average Bonchev–Trinajstić information content (AvgIpc) is 3.11. The minimum Gasteiger partial charge on any atom is -0.371 e. The molecule has 1 unspecified atom stereocenters. The van der Waals surface area contributed by atoms with Crippen LogP contribution in [-0.4, -0.2) is 61.4 Å². The fourth-order valence-electron chi connectivity index (χ4n) is 4.70. The number of carbonyl (C=O) groups excluding carboxylic acids is 2. The number of anilines is 1. The van der Waals surface area contributed by atoms with E-state index in [1.807, 2.05) is 4.90 Å². The summed E-state index contributed by atoms with van der Waals surface area (Å²) in [5.74, 6) is -0.149. The van der Waals surface area contributed by atoms with Gasteiger partial charge in [0.1, 0.15) is 6.04 Å². The van der Waals surface area contributed by atoms with Gasteiger partial charge in [-0.3, -0.25) is 9.59 Å². The van der Waals surface area contributed by atoms with Crippen molar-refractivity contribution in [1.82, 2.24) is 9.80 Å². The van der Waals surface area contributed by atoms with Crippen LogP contribution >= 0.6 is 0 Å². The Balaban J connectivity index is 1.78. The molecule has 2 aliphatic heterocycles. The van der Waals surface area contributed by atoms with Crippen LogP contribution < -0.4 is 4.90 Å². The minimum atomic E-state index is -4.59. The highest BCUT2D eigenvalue weighted by atomic mass is 19.4. The van der Waals surface area contributed by atoms with Crippen LogP contribution in [0.1, 0.15) is 43.7 Å². The van der Waals surface area contributed by atoms with Crippen LogP contribution in [0.2, 0.25) is 0 Å². The number of piperidine rings is 1. The van der Waals surface area contributed by atoms with Crippen molar-refractivity contribution in [3.8, 4) is 6.07 Å². The largest absolute Gasteiger partial charge is 0.417 e. The molecule has 168 valence electrons. The molecule has 1 spiro atoms. The second-order valence-electron chi connectivity index (χ2n) is 8.65. The number of nitrogens with zero attached hydrogens (tertiary/aromatic N) is 4. The Kier molecular flexibility index (Phi) is 6.21. The van der Waals surface area contributed by atoms with Crippen molar-refractivity contribution < 1.29 is 22.8 Å². The molecule has 0 aliphatic carbocycles. The number of benzene rings is 1. The second-order valence-corrected chi connectivity index (χ2v) is 8.65. The Bertz CT molecular complexity index is 899. The third-order valence-electron chi connectivity index (χ3n) is 6.48. The Hall–Kier alpha value is -2.76. The van der Waals surface area contributed by atoms with Gasteiger partial charge in [0.05, 0.1) is 17.2 Å². The van der Waals surface area contributed by atoms with Gasteiger partial charge in [-0.05, 0) is 42.9 Å². The molecule has 2 saturated heterocycles. The highest BCUT2D eigenvalue weighted by Crippen LogP contribution is 2.45. The van der Waals surface area contributed by atoms with E-state index in [4.69, 9.17) is 5.26 Å². The van der Waals surface area contributed by atoms with Crippen molar-refractivity contribution in [3.63, 3.8) is 0 Å². The van der Waals surface area contributed by atoms with E-state index < -0.39 is 17.8 Å². The summed E-state index contributed by atoms with van der Waals surface area (Å²) in [5, 5.41) is 8.99. The van der Waals surface area contributed by atoms with E-state index in [2.05, 4.69) is 0 Å². The zero-order valence-corrected chi connectivity index (χ0v) is 18.0. The molecule has 1 aromatic rings. The lowest BCUT2D eigenvalue weighted by atomic mass is 9.76. The van der Waals surface area contributed by atoms with Crippen LogP contribution in [-0.2, 0) is 15.8 Å². The maximum Gasteiger partial charge on any atom is 0.417 e. The molecule has 31 heavy (non-hydrogen) atoms. The molecule has 0 N–H and O–H groups in total. The fourth-order valence-corrected chi connectivity index (χ4v) is 4.70. The van der Waals surface area contributed by atoms with Crippen molar-refractivity contribution >= 4 is 17.5 Å². The number of hydrogen-bond acceptors (Lipinski definition) is 4. The van der Waals surface area contributed by atoms with Gasteiger partial charge in [0.15, 0.2) is 0 Å². The van der Waals surface area contributed by atoms with Crippen molar-refractivity contribution in [3.05, 3.63) is 29.3 Å². The van der Waals surface area contributed by atoms with Crippen LogP contribution in [0.15, 0.2) is 18.2 Å². The van der Waals surface area contributed by atoms with E-state index in [9.17, 15) is 22.8 Å². The molecule has 0 aromatic heterocycles. The molecule has 9 heteroatoms. The lowest BCUT2D eigenvalue weighted by Crippen LogP contribution is -2.45. The molecule has 1 aromatic carbocycles. The minimum absolute atomic E-state index is 0.0542. The first kappa shape index (κ1) is 22.9. The molecule has 0 saturated carbocycles. The average molecular weight is 436 g/mol. The molecule has 2 fully saturated rings. The number of alkyl halides is 3. The molecule has 3 rings (SSSR count). The summed E-state index contributed by atoms with van der Waals surface area (Å²) in [4.78, 5) is 30.2. The number of halogens is 3. The van der Waals surface area contributed by atoms with E-state index in [1.54, 1.807) is 38.1 Å². The molecule has 2 aliphatic rings. The summed E-state index contributed by atoms with van der Waals surface area (Å²) < 4.78 is 39.9. The van der Waals surface area contributed by atoms with Gasteiger partial charge in [-0.2, -0.15) is 18.4 Å². The standard InChI is InChI=1S/C22H27F3N4O2/c1-4-19(30)29-14-21(12-18(29)20(31)27(2)3)7-9-28(10-8-21)16-6-5-15(13-26)17(11-16)22(23,24)25/h5-6,11,18H,4,7-10,12,14H2,1-3H3. The Morgan fingerprint density at radius 3 is 2.42 bits per heavy atom. The summed E-state index contributed by atoms with van der Waals surface area (Å²) in [6.07, 6.45) is -2.34. The van der Waals surface area contributed by atoms with Gasteiger partial charge in [0.25, 0.3) is 0 Å². The first-order chi connectivity index (χ1) is 14.5. The number of likely N-dealkylation sites (tertiary alicyclic amines) is 1. The quantitative estimate of drug-likeness (QED) is 0.730. The van der Waals surface area contributed by atoms with E-state index in [0.717, 1.165) is 6.07 Å². The number of amides is 2. The topological polar surface area (TPSA) is 67.6 Å². The summed E-state index contributed by atoms with van der Waals surface area (Å²) in [5.41, 5.74) is -1.09. The molecular weight excluding hydrogens is 409 g/mol. The lowest BCUT2D eigenvalue weighted by Gasteiger charge is -2.40. The van der Waals surface area contributed by atoms with Crippen LogP contribution in [0.25, 0.3) is 0 Å². The Labute approximate surface area is 180 Å².